The highest BCUT2D eigenvalue weighted by molar-refractivity contribution is 4.72. The van der Waals surface area contributed by atoms with Gasteiger partial charge in [-0.05, 0) is 38.8 Å². The third-order valence-electron chi connectivity index (χ3n) is 4.16. The molecule has 2 aliphatic rings. The first kappa shape index (κ1) is 12.4. The minimum absolute atomic E-state index is 0.826. The molecular weight excluding hydrogens is 196 g/mol. The zero-order valence-corrected chi connectivity index (χ0v) is 10.7. The summed E-state index contributed by atoms with van der Waals surface area (Å²) in [6.45, 7) is 5.17. The predicted molar refractivity (Wildman–Crippen MR) is 69.8 cm³/mol. The Hall–Kier alpha value is -0.0800. The van der Waals surface area contributed by atoms with Crippen molar-refractivity contribution in [1.29, 1.82) is 0 Å². The minimum Gasteiger partial charge on any atom is -0.313 e. The molecule has 2 fully saturated rings. The second kappa shape index (κ2) is 7.29. The molecule has 0 spiro atoms. The summed E-state index contributed by atoms with van der Waals surface area (Å²) in [5.74, 6) is 0. The maximum atomic E-state index is 3.77. The molecule has 0 unspecified atom stereocenters. The van der Waals surface area contributed by atoms with Crippen molar-refractivity contribution >= 4 is 0 Å². The lowest BCUT2D eigenvalue weighted by Gasteiger charge is -2.27. The van der Waals surface area contributed by atoms with E-state index >= 15 is 0 Å². The third-order valence-corrected chi connectivity index (χ3v) is 4.16. The lowest BCUT2D eigenvalue weighted by atomic mass is 10.1. The molecule has 1 heterocycles. The molecule has 0 atom stereocenters. The fraction of sp³-hybridized carbons (Fsp3) is 1.00. The van der Waals surface area contributed by atoms with Crippen LogP contribution >= 0.6 is 0 Å². The number of piperidine rings is 1. The maximum absolute atomic E-state index is 3.77. The third kappa shape index (κ3) is 4.42. The summed E-state index contributed by atoms with van der Waals surface area (Å²) in [6, 6.07) is 0.826. The molecule has 2 heteroatoms. The molecule has 1 saturated carbocycles. The van der Waals surface area contributed by atoms with E-state index in [1.807, 2.05) is 0 Å². The lowest BCUT2D eigenvalue weighted by molar-refractivity contribution is 0.225. The van der Waals surface area contributed by atoms with Gasteiger partial charge in [0.15, 0.2) is 0 Å². The van der Waals surface area contributed by atoms with E-state index in [4.69, 9.17) is 0 Å². The summed E-state index contributed by atoms with van der Waals surface area (Å²) in [4.78, 5) is 2.63. The van der Waals surface area contributed by atoms with Crippen LogP contribution in [0.3, 0.4) is 0 Å². The fourth-order valence-corrected chi connectivity index (χ4v) is 3.09. The van der Waals surface area contributed by atoms with E-state index in [2.05, 4.69) is 10.2 Å². The van der Waals surface area contributed by atoms with Crippen LogP contribution in [0.1, 0.15) is 57.8 Å². The number of rotatable bonds is 4. The molecule has 94 valence electrons. The van der Waals surface area contributed by atoms with Crippen LogP contribution in [0.25, 0.3) is 0 Å². The second-order valence-electron chi connectivity index (χ2n) is 5.54. The Bertz CT molecular complexity index is 168. The fourth-order valence-electron chi connectivity index (χ4n) is 3.09. The number of hydrogen-bond acceptors (Lipinski definition) is 2. The van der Waals surface area contributed by atoms with Gasteiger partial charge in [-0.3, -0.25) is 0 Å². The number of nitrogens with one attached hydrogen (secondary N) is 1. The first-order chi connectivity index (χ1) is 7.95. The van der Waals surface area contributed by atoms with Crippen molar-refractivity contribution in [3.05, 3.63) is 0 Å². The Balaban J connectivity index is 1.55. The lowest BCUT2D eigenvalue weighted by Crippen LogP contribution is -2.39. The molecule has 1 saturated heterocycles. The van der Waals surface area contributed by atoms with Gasteiger partial charge in [0.1, 0.15) is 0 Å². The first-order valence-corrected chi connectivity index (χ1v) is 7.41. The molecule has 0 amide bonds. The van der Waals surface area contributed by atoms with Gasteiger partial charge in [-0.2, -0.15) is 0 Å². The van der Waals surface area contributed by atoms with Crippen LogP contribution in [-0.4, -0.2) is 37.1 Å². The van der Waals surface area contributed by atoms with Gasteiger partial charge >= 0.3 is 0 Å². The van der Waals surface area contributed by atoms with Crippen LogP contribution in [0, 0.1) is 0 Å². The Morgan fingerprint density at radius 3 is 2.12 bits per heavy atom. The summed E-state index contributed by atoms with van der Waals surface area (Å²) in [5.41, 5.74) is 0. The van der Waals surface area contributed by atoms with Crippen molar-refractivity contribution in [2.45, 2.75) is 63.8 Å². The van der Waals surface area contributed by atoms with Gasteiger partial charge in [0.2, 0.25) is 0 Å². The van der Waals surface area contributed by atoms with Gasteiger partial charge in [-0.1, -0.05) is 32.1 Å². The van der Waals surface area contributed by atoms with E-state index in [9.17, 15) is 0 Å². The highest BCUT2D eigenvalue weighted by Crippen LogP contribution is 2.17. The van der Waals surface area contributed by atoms with E-state index in [-0.39, 0.29) is 0 Å². The standard InChI is InChI=1S/C14H28N2/c1-2-5-9-14(8-4-1)15-10-13-16-11-6-3-7-12-16/h14-15H,1-13H2. The molecule has 0 aromatic rings. The maximum Gasteiger partial charge on any atom is 0.0107 e. The minimum atomic E-state index is 0.826. The average Bonchev–Trinajstić information content (AvgIpc) is 2.59. The number of nitrogens with zero attached hydrogens (tertiary/aromatic N) is 1. The van der Waals surface area contributed by atoms with Gasteiger partial charge in [0.25, 0.3) is 0 Å². The summed E-state index contributed by atoms with van der Waals surface area (Å²) >= 11 is 0. The largest absolute Gasteiger partial charge is 0.313 e. The van der Waals surface area contributed by atoms with Crippen molar-refractivity contribution in [2.75, 3.05) is 26.2 Å². The number of hydrogen-bond donors (Lipinski definition) is 1. The quantitative estimate of drug-likeness (QED) is 0.739. The van der Waals surface area contributed by atoms with E-state index in [0.29, 0.717) is 0 Å². The van der Waals surface area contributed by atoms with Crippen LogP contribution in [0.4, 0.5) is 0 Å². The highest BCUT2D eigenvalue weighted by atomic mass is 15.1. The first-order valence-electron chi connectivity index (χ1n) is 7.41. The Kier molecular flexibility index (Phi) is 5.64. The molecule has 0 radical (unpaired) electrons. The van der Waals surface area contributed by atoms with Crippen molar-refractivity contribution in [3.63, 3.8) is 0 Å². The van der Waals surface area contributed by atoms with Crippen LogP contribution in [0.2, 0.25) is 0 Å². The Morgan fingerprint density at radius 2 is 1.44 bits per heavy atom. The summed E-state index contributed by atoms with van der Waals surface area (Å²) in [6.07, 6.45) is 12.9. The van der Waals surface area contributed by atoms with Gasteiger partial charge in [0.05, 0.1) is 0 Å². The topological polar surface area (TPSA) is 15.3 Å². The SMILES string of the molecule is C1CCCC(NCCN2CCCCC2)CC1. The molecule has 0 aromatic carbocycles. The second-order valence-corrected chi connectivity index (χ2v) is 5.54. The molecular formula is C14H28N2. The Labute approximate surface area is 101 Å². The Morgan fingerprint density at radius 1 is 0.812 bits per heavy atom. The van der Waals surface area contributed by atoms with Crippen molar-refractivity contribution in [3.8, 4) is 0 Å². The van der Waals surface area contributed by atoms with Crippen molar-refractivity contribution in [2.24, 2.45) is 0 Å². The molecule has 1 N–H and O–H groups in total. The number of likely N-dealkylation sites (tertiary alicyclic amines) is 1. The monoisotopic (exact) mass is 224 g/mol. The molecule has 16 heavy (non-hydrogen) atoms. The summed E-state index contributed by atoms with van der Waals surface area (Å²) in [7, 11) is 0. The van der Waals surface area contributed by atoms with Crippen LogP contribution in [0.15, 0.2) is 0 Å². The summed E-state index contributed by atoms with van der Waals surface area (Å²) < 4.78 is 0. The molecule has 0 aromatic heterocycles. The van der Waals surface area contributed by atoms with E-state index in [1.54, 1.807) is 0 Å². The smallest absolute Gasteiger partial charge is 0.0107 e. The average molecular weight is 224 g/mol. The molecule has 2 rings (SSSR count). The normalized spacial score (nSPS) is 25.5. The van der Waals surface area contributed by atoms with Crippen LogP contribution < -0.4 is 5.32 Å². The van der Waals surface area contributed by atoms with Crippen LogP contribution in [-0.2, 0) is 0 Å². The van der Waals surface area contributed by atoms with Crippen molar-refractivity contribution < 1.29 is 0 Å². The summed E-state index contributed by atoms with van der Waals surface area (Å²) in [5, 5.41) is 3.77. The molecule has 1 aliphatic heterocycles. The zero-order valence-electron chi connectivity index (χ0n) is 10.7. The molecule has 2 nitrogen and oxygen atoms in total. The van der Waals surface area contributed by atoms with Crippen molar-refractivity contribution in [1.82, 2.24) is 10.2 Å². The molecule has 1 aliphatic carbocycles. The van der Waals surface area contributed by atoms with Crippen LogP contribution in [0.5, 0.6) is 0 Å². The predicted octanol–water partition coefficient (Wildman–Crippen LogP) is 2.78. The molecule has 0 bridgehead atoms. The van der Waals surface area contributed by atoms with Gasteiger partial charge in [-0.25, -0.2) is 0 Å². The zero-order chi connectivity index (χ0) is 11.1. The van der Waals surface area contributed by atoms with Gasteiger partial charge in [-0.15, -0.1) is 0 Å². The van der Waals surface area contributed by atoms with E-state index < -0.39 is 0 Å². The van der Waals surface area contributed by atoms with E-state index in [1.165, 1.54) is 84.0 Å². The van der Waals surface area contributed by atoms with E-state index in [0.717, 1.165) is 6.04 Å². The highest BCUT2D eigenvalue weighted by Gasteiger charge is 2.13. The van der Waals surface area contributed by atoms with Gasteiger partial charge < -0.3 is 10.2 Å². The van der Waals surface area contributed by atoms with Gasteiger partial charge in [0, 0.05) is 19.1 Å².